The summed E-state index contributed by atoms with van der Waals surface area (Å²) in [6.07, 6.45) is 1.77. The van der Waals surface area contributed by atoms with Gasteiger partial charge in [-0.05, 0) is 6.42 Å². The van der Waals surface area contributed by atoms with Crippen LogP contribution in [0.5, 0.6) is 0 Å². The van der Waals surface area contributed by atoms with Crippen molar-refractivity contribution < 1.29 is 14.1 Å². The lowest BCUT2D eigenvalue weighted by molar-refractivity contribution is 0.0503. The number of hydrogen-bond donors (Lipinski definition) is 1. The molecule has 5 nitrogen and oxygen atoms in total. The topological polar surface area (TPSA) is 72.3 Å². The van der Waals surface area contributed by atoms with Gasteiger partial charge in [0.25, 0.3) is 5.56 Å². The second-order valence-electron chi connectivity index (χ2n) is 2.22. The first-order valence-corrected chi connectivity index (χ1v) is 3.59. The van der Waals surface area contributed by atoms with E-state index in [4.69, 9.17) is 4.74 Å². The summed E-state index contributed by atoms with van der Waals surface area (Å²) >= 11 is 0. The first-order valence-electron chi connectivity index (χ1n) is 3.59. The molecule has 0 spiro atoms. The van der Waals surface area contributed by atoms with E-state index in [-0.39, 0.29) is 5.56 Å². The molecule has 1 aromatic rings. The quantitative estimate of drug-likeness (QED) is 0.673. The van der Waals surface area contributed by atoms with Crippen LogP contribution in [0, 0.1) is 0 Å². The van der Waals surface area contributed by atoms with Crippen LogP contribution in [0.2, 0.25) is 0 Å². The van der Waals surface area contributed by atoms with E-state index < -0.39 is 11.5 Å². The van der Waals surface area contributed by atoms with Crippen molar-refractivity contribution in [2.24, 2.45) is 0 Å². The number of aromatic amines is 1. The van der Waals surface area contributed by atoms with Crippen LogP contribution in [0.3, 0.4) is 0 Å². The number of rotatable bonds is 3. The van der Waals surface area contributed by atoms with Crippen molar-refractivity contribution >= 4 is 5.97 Å². The first-order chi connectivity index (χ1) is 5.75. The highest BCUT2D eigenvalue weighted by Gasteiger charge is 2.13. The van der Waals surface area contributed by atoms with Gasteiger partial charge >= 0.3 is 5.97 Å². The van der Waals surface area contributed by atoms with Crippen LogP contribution in [0.25, 0.3) is 0 Å². The molecule has 1 aromatic heterocycles. The minimum absolute atomic E-state index is 0.0940. The van der Waals surface area contributed by atoms with Crippen LogP contribution >= 0.6 is 0 Å². The summed E-state index contributed by atoms with van der Waals surface area (Å²) in [4.78, 5) is 21.8. The van der Waals surface area contributed by atoms with Gasteiger partial charge < -0.3 is 9.26 Å². The summed E-state index contributed by atoms with van der Waals surface area (Å²) < 4.78 is 9.11. The maximum atomic E-state index is 11.0. The molecule has 0 unspecified atom stereocenters. The van der Waals surface area contributed by atoms with Crippen molar-refractivity contribution in [3.63, 3.8) is 0 Å². The molecule has 1 heterocycles. The molecule has 0 amide bonds. The number of carbonyl (C=O) groups is 1. The Morgan fingerprint density at radius 2 is 2.50 bits per heavy atom. The fraction of sp³-hybridized carbons (Fsp3) is 0.429. The molecule has 0 aliphatic carbocycles. The van der Waals surface area contributed by atoms with Gasteiger partial charge in [0, 0.05) is 0 Å². The molecule has 0 aliphatic heterocycles. The average Bonchev–Trinajstić information content (AvgIpc) is 2.47. The van der Waals surface area contributed by atoms with Gasteiger partial charge in [0.2, 0.25) is 0 Å². The Morgan fingerprint density at radius 1 is 1.75 bits per heavy atom. The molecule has 66 valence electrons. The lowest BCUT2D eigenvalue weighted by Gasteiger charge is -1.97. The van der Waals surface area contributed by atoms with E-state index in [2.05, 4.69) is 4.52 Å². The van der Waals surface area contributed by atoms with Crippen molar-refractivity contribution in [3.8, 4) is 0 Å². The van der Waals surface area contributed by atoms with Crippen LogP contribution in [0.15, 0.2) is 15.6 Å². The second kappa shape index (κ2) is 3.75. The van der Waals surface area contributed by atoms with Gasteiger partial charge in [-0.15, -0.1) is 0 Å². The number of aromatic nitrogens is 1. The molecule has 0 fully saturated rings. The Kier molecular flexibility index (Phi) is 2.68. The van der Waals surface area contributed by atoms with Crippen LogP contribution < -0.4 is 5.56 Å². The van der Waals surface area contributed by atoms with E-state index in [1.54, 1.807) is 0 Å². The van der Waals surface area contributed by atoms with Crippen molar-refractivity contribution in [3.05, 3.63) is 22.2 Å². The van der Waals surface area contributed by atoms with Gasteiger partial charge in [0.05, 0.1) is 6.61 Å². The van der Waals surface area contributed by atoms with Gasteiger partial charge in [-0.1, -0.05) is 6.92 Å². The highest BCUT2D eigenvalue weighted by Crippen LogP contribution is 1.94. The molecule has 5 heteroatoms. The number of carbonyl (C=O) groups excluding carboxylic acids is 1. The third-order valence-corrected chi connectivity index (χ3v) is 1.23. The Balaban J connectivity index is 2.66. The molecule has 0 radical (unpaired) electrons. The Bertz CT molecular complexity index is 311. The van der Waals surface area contributed by atoms with Gasteiger partial charge in [-0.2, -0.15) is 5.16 Å². The molecular weight excluding hydrogens is 162 g/mol. The lowest BCUT2D eigenvalue weighted by Crippen LogP contribution is -2.15. The highest BCUT2D eigenvalue weighted by atomic mass is 16.5. The van der Waals surface area contributed by atoms with Crippen molar-refractivity contribution in [2.45, 2.75) is 13.3 Å². The molecule has 0 saturated heterocycles. The van der Waals surface area contributed by atoms with E-state index in [9.17, 15) is 9.59 Å². The van der Waals surface area contributed by atoms with Crippen LogP contribution in [0.4, 0.5) is 0 Å². The molecular formula is C7H9NO4. The summed E-state index contributed by atoms with van der Waals surface area (Å²) in [5.74, 6) is -0.646. The van der Waals surface area contributed by atoms with Crippen LogP contribution in [0.1, 0.15) is 23.7 Å². The monoisotopic (exact) mass is 171 g/mol. The van der Waals surface area contributed by atoms with Crippen molar-refractivity contribution in [1.29, 1.82) is 0 Å². The smallest absolute Gasteiger partial charge is 0.347 e. The molecule has 0 aliphatic rings. The predicted octanol–water partition coefficient (Wildman–Crippen LogP) is 0.535. The van der Waals surface area contributed by atoms with E-state index in [0.717, 1.165) is 12.7 Å². The van der Waals surface area contributed by atoms with E-state index in [1.807, 2.05) is 12.1 Å². The van der Waals surface area contributed by atoms with Crippen molar-refractivity contribution in [2.75, 3.05) is 6.61 Å². The number of ether oxygens (including phenoxy) is 1. The summed E-state index contributed by atoms with van der Waals surface area (Å²) in [7, 11) is 0. The molecule has 0 saturated carbocycles. The van der Waals surface area contributed by atoms with E-state index in [1.165, 1.54) is 0 Å². The highest BCUT2D eigenvalue weighted by molar-refractivity contribution is 5.88. The standard InChI is InChI=1S/C7H9NO4/c1-2-3-11-7(10)5-4-12-8-6(5)9/h4H,2-3H2,1H3,(H,8,9). The zero-order valence-electron chi connectivity index (χ0n) is 6.62. The molecule has 12 heavy (non-hydrogen) atoms. The van der Waals surface area contributed by atoms with Gasteiger partial charge in [0.1, 0.15) is 6.26 Å². The molecule has 0 aromatic carbocycles. The minimum atomic E-state index is -0.646. The number of nitrogens with one attached hydrogen (secondary N) is 1. The molecule has 1 N–H and O–H groups in total. The fourth-order valence-electron chi connectivity index (χ4n) is 0.664. The van der Waals surface area contributed by atoms with E-state index >= 15 is 0 Å². The number of hydrogen-bond acceptors (Lipinski definition) is 4. The number of H-pyrrole nitrogens is 1. The van der Waals surface area contributed by atoms with Crippen molar-refractivity contribution in [1.82, 2.24) is 5.16 Å². The Labute approximate surface area is 68.3 Å². The maximum absolute atomic E-state index is 11.0. The Hall–Kier alpha value is -1.52. The summed E-state index contributed by atoms with van der Waals surface area (Å²) in [5, 5.41) is 1.99. The van der Waals surface area contributed by atoms with Crippen LogP contribution in [-0.2, 0) is 4.74 Å². The normalized spacial score (nSPS) is 9.75. The second-order valence-corrected chi connectivity index (χ2v) is 2.22. The zero-order chi connectivity index (χ0) is 8.97. The number of esters is 1. The van der Waals surface area contributed by atoms with Gasteiger partial charge in [-0.3, -0.25) is 4.79 Å². The molecule has 0 atom stereocenters. The lowest BCUT2D eigenvalue weighted by atomic mass is 10.4. The largest absolute Gasteiger partial charge is 0.462 e. The Morgan fingerprint density at radius 3 is 3.00 bits per heavy atom. The summed E-state index contributed by atoms with van der Waals surface area (Å²) in [6.45, 7) is 2.18. The SMILES string of the molecule is CCCOC(=O)c1co[nH]c1=O. The van der Waals surface area contributed by atoms with Gasteiger partial charge in [0.15, 0.2) is 5.56 Å². The maximum Gasteiger partial charge on any atom is 0.347 e. The summed E-state index contributed by atoms with van der Waals surface area (Å²) in [6, 6.07) is 0. The van der Waals surface area contributed by atoms with Gasteiger partial charge in [-0.25, -0.2) is 4.79 Å². The fourth-order valence-corrected chi connectivity index (χ4v) is 0.664. The molecule has 0 bridgehead atoms. The third-order valence-electron chi connectivity index (χ3n) is 1.23. The minimum Gasteiger partial charge on any atom is -0.462 e. The van der Waals surface area contributed by atoms with Crippen LogP contribution in [-0.4, -0.2) is 17.7 Å². The van der Waals surface area contributed by atoms with E-state index in [0.29, 0.717) is 6.61 Å². The third kappa shape index (κ3) is 1.75. The predicted molar refractivity (Wildman–Crippen MR) is 39.9 cm³/mol. The summed E-state index contributed by atoms with van der Waals surface area (Å²) in [5.41, 5.74) is -0.653. The molecule has 1 rings (SSSR count). The first kappa shape index (κ1) is 8.58. The average molecular weight is 171 g/mol. The zero-order valence-corrected chi connectivity index (χ0v) is 6.62.